The van der Waals surface area contributed by atoms with Crippen molar-refractivity contribution < 1.29 is 14.4 Å². The maximum atomic E-state index is 12.3. The van der Waals surface area contributed by atoms with E-state index < -0.39 is 5.92 Å². The molecule has 1 fully saturated rings. The lowest BCUT2D eigenvalue weighted by Crippen LogP contribution is -2.37. The van der Waals surface area contributed by atoms with E-state index in [1.807, 2.05) is 48.5 Å². The number of hydrogen-bond acceptors (Lipinski definition) is 3. The molecule has 0 unspecified atom stereocenters. The van der Waals surface area contributed by atoms with Gasteiger partial charge in [-0.3, -0.25) is 14.4 Å². The number of carbonyl (C=O) groups is 3. The lowest BCUT2D eigenvalue weighted by atomic mass is 10.1. The molecule has 1 atom stereocenters. The Morgan fingerprint density at radius 2 is 1.78 bits per heavy atom. The zero-order valence-corrected chi connectivity index (χ0v) is 16.2. The van der Waals surface area contributed by atoms with Crippen molar-refractivity contribution in [2.24, 2.45) is 5.92 Å². The first-order valence-electron chi connectivity index (χ1n) is 8.66. The summed E-state index contributed by atoms with van der Waals surface area (Å²) in [5.41, 5.74) is 1.67. The third kappa shape index (κ3) is 5.17. The van der Waals surface area contributed by atoms with Gasteiger partial charge >= 0.3 is 0 Å². The lowest BCUT2D eigenvalue weighted by molar-refractivity contribution is -0.129. The fourth-order valence-corrected chi connectivity index (χ4v) is 3.36. The van der Waals surface area contributed by atoms with Gasteiger partial charge in [0.15, 0.2) is 0 Å². The van der Waals surface area contributed by atoms with Crippen molar-refractivity contribution in [1.82, 2.24) is 10.2 Å². The molecule has 2 N–H and O–H groups in total. The van der Waals surface area contributed by atoms with Gasteiger partial charge in [-0.2, -0.15) is 0 Å². The van der Waals surface area contributed by atoms with Crippen LogP contribution >= 0.6 is 15.9 Å². The fourth-order valence-electron chi connectivity index (χ4n) is 2.97. The number of likely N-dealkylation sites (tertiary alicyclic amines) is 1. The number of hydrogen-bond donors (Lipinski definition) is 2. The number of nitrogens with zero attached hydrogens (tertiary/aromatic N) is 1. The largest absolute Gasteiger partial charge is 0.347 e. The molecular formula is C20H20BrN3O3. The normalized spacial score (nSPS) is 16.3. The molecule has 0 spiro atoms. The number of para-hydroxylation sites is 1. The van der Waals surface area contributed by atoms with E-state index in [-0.39, 0.29) is 30.7 Å². The Morgan fingerprint density at radius 3 is 2.52 bits per heavy atom. The molecule has 0 aromatic heterocycles. The maximum Gasteiger partial charge on any atom is 0.243 e. The van der Waals surface area contributed by atoms with E-state index in [1.54, 1.807) is 11.0 Å². The van der Waals surface area contributed by atoms with E-state index in [9.17, 15) is 14.4 Å². The van der Waals surface area contributed by atoms with E-state index in [2.05, 4.69) is 26.6 Å². The molecule has 2 aromatic rings. The SMILES string of the molecule is O=C(CNC(=O)[C@H]1CC(=O)N(Cc2ccccc2)C1)Nc1ccccc1Br. The van der Waals surface area contributed by atoms with Crippen molar-refractivity contribution in [3.05, 3.63) is 64.6 Å². The second kappa shape index (κ2) is 8.81. The van der Waals surface area contributed by atoms with Crippen LogP contribution < -0.4 is 10.6 Å². The van der Waals surface area contributed by atoms with Gasteiger partial charge < -0.3 is 15.5 Å². The molecule has 0 saturated carbocycles. The molecule has 1 saturated heterocycles. The van der Waals surface area contributed by atoms with Gasteiger partial charge in [-0.05, 0) is 33.6 Å². The molecule has 3 amide bonds. The highest BCUT2D eigenvalue weighted by atomic mass is 79.9. The first kappa shape index (κ1) is 19.1. The molecule has 6 nitrogen and oxygen atoms in total. The Hall–Kier alpha value is -2.67. The van der Waals surface area contributed by atoms with Crippen LogP contribution in [0.3, 0.4) is 0 Å². The first-order chi connectivity index (χ1) is 13.0. The van der Waals surface area contributed by atoms with Gasteiger partial charge in [0.1, 0.15) is 0 Å². The number of nitrogens with one attached hydrogen (secondary N) is 2. The van der Waals surface area contributed by atoms with Crippen LogP contribution in [0.25, 0.3) is 0 Å². The zero-order valence-electron chi connectivity index (χ0n) is 14.7. The summed E-state index contributed by atoms with van der Waals surface area (Å²) in [5.74, 6) is -1.07. The van der Waals surface area contributed by atoms with Gasteiger partial charge in [0.05, 0.1) is 18.2 Å². The number of benzene rings is 2. The average Bonchev–Trinajstić information content (AvgIpc) is 3.03. The summed E-state index contributed by atoms with van der Waals surface area (Å²) in [6.45, 7) is 0.723. The number of carbonyl (C=O) groups excluding carboxylic acids is 3. The molecule has 0 radical (unpaired) electrons. The zero-order chi connectivity index (χ0) is 19.2. The van der Waals surface area contributed by atoms with Crippen LogP contribution in [0.2, 0.25) is 0 Å². The number of halogens is 1. The number of rotatable bonds is 6. The summed E-state index contributed by atoms with van der Waals surface area (Å²) in [6.07, 6.45) is 0.171. The highest BCUT2D eigenvalue weighted by Gasteiger charge is 2.34. The molecule has 1 aliphatic rings. The topological polar surface area (TPSA) is 78.5 Å². The van der Waals surface area contributed by atoms with Crippen LogP contribution in [-0.4, -0.2) is 35.7 Å². The summed E-state index contributed by atoms with van der Waals surface area (Å²) in [5, 5.41) is 5.35. The van der Waals surface area contributed by atoms with Gasteiger partial charge in [-0.1, -0.05) is 42.5 Å². The van der Waals surface area contributed by atoms with Crippen molar-refractivity contribution in [1.29, 1.82) is 0 Å². The standard InChI is InChI=1S/C20H20BrN3O3/c21-16-8-4-5-9-17(16)23-18(25)11-22-20(27)15-10-19(26)24(13-15)12-14-6-2-1-3-7-14/h1-9,15H,10-13H2,(H,22,27)(H,23,25)/t15-/m0/s1. The third-order valence-corrected chi connectivity index (χ3v) is 5.06. The highest BCUT2D eigenvalue weighted by molar-refractivity contribution is 9.10. The Balaban J connectivity index is 1.48. The quantitative estimate of drug-likeness (QED) is 0.740. The summed E-state index contributed by atoms with van der Waals surface area (Å²) in [7, 11) is 0. The van der Waals surface area contributed by atoms with Gasteiger partial charge in [-0.15, -0.1) is 0 Å². The third-order valence-electron chi connectivity index (χ3n) is 4.37. The van der Waals surface area contributed by atoms with E-state index >= 15 is 0 Å². The fraction of sp³-hybridized carbons (Fsp3) is 0.250. The Labute approximate surface area is 166 Å². The smallest absolute Gasteiger partial charge is 0.243 e. The summed E-state index contributed by atoms with van der Waals surface area (Å²) in [6, 6.07) is 16.9. The summed E-state index contributed by atoms with van der Waals surface area (Å²) >= 11 is 3.35. The monoisotopic (exact) mass is 429 g/mol. The van der Waals surface area contributed by atoms with Crippen LogP contribution in [0, 0.1) is 5.92 Å². The maximum absolute atomic E-state index is 12.3. The molecule has 140 valence electrons. The van der Waals surface area contributed by atoms with Crippen LogP contribution in [0.5, 0.6) is 0 Å². The Bertz CT molecular complexity index is 841. The van der Waals surface area contributed by atoms with Crippen LogP contribution in [0.15, 0.2) is 59.1 Å². The van der Waals surface area contributed by atoms with E-state index in [1.165, 1.54) is 0 Å². The molecule has 1 aliphatic heterocycles. The van der Waals surface area contributed by atoms with Gasteiger partial charge in [-0.25, -0.2) is 0 Å². The predicted molar refractivity (Wildman–Crippen MR) is 106 cm³/mol. The van der Waals surface area contributed by atoms with E-state index in [0.717, 1.165) is 10.0 Å². The predicted octanol–water partition coefficient (Wildman–Crippen LogP) is 2.55. The second-order valence-corrected chi connectivity index (χ2v) is 7.26. The van der Waals surface area contributed by atoms with Crippen LogP contribution in [-0.2, 0) is 20.9 Å². The average molecular weight is 430 g/mol. The Kier molecular flexibility index (Phi) is 6.24. The van der Waals surface area contributed by atoms with Gasteiger partial charge in [0.2, 0.25) is 17.7 Å². The molecule has 7 heteroatoms. The minimum absolute atomic E-state index is 0.0447. The molecule has 0 aliphatic carbocycles. The van der Waals surface area contributed by atoms with E-state index in [0.29, 0.717) is 18.8 Å². The van der Waals surface area contributed by atoms with Crippen molar-refractivity contribution >= 4 is 39.3 Å². The van der Waals surface area contributed by atoms with Crippen LogP contribution in [0.4, 0.5) is 5.69 Å². The number of amides is 3. The van der Waals surface area contributed by atoms with Crippen molar-refractivity contribution in [2.75, 3.05) is 18.4 Å². The second-order valence-electron chi connectivity index (χ2n) is 6.41. The number of anilines is 1. The van der Waals surface area contributed by atoms with Crippen molar-refractivity contribution in [3.63, 3.8) is 0 Å². The summed E-state index contributed by atoms with van der Waals surface area (Å²) in [4.78, 5) is 38.2. The highest BCUT2D eigenvalue weighted by Crippen LogP contribution is 2.21. The van der Waals surface area contributed by atoms with Gasteiger partial charge in [0, 0.05) is 24.0 Å². The first-order valence-corrected chi connectivity index (χ1v) is 9.46. The van der Waals surface area contributed by atoms with Crippen LogP contribution in [0.1, 0.15) is 12.0 Å². The van der Waals surface area contributed by atoms with E-state index in [4.69, 9.17) is 0 Å². The summed E-state index contributed by atoms with van der Waals surface area (Å²) < 4.78 is 0.766. The molecule has 2 aromatic carbocycles. The molecule has 0 bridgehead atoms. The molecular weight excluding hydrogens is 410 g/mol. The molecule has 1 heterocycles. The minimum atomic E-state index is -0.433. The van der Waals surface area contributed by atoms with Crippen molar-refractivity contribution in [3.8, 4) is 0 Å². The lowest BCUT2D eigenvalue weighted by Gasteiger charge is -2.16. The minimum Gasteiger partial charge on any atom is -0.347 e. The molecule has 27 heavy (non-hydrogen) atoms. The molecule has 3 rings (SSSR count). The Morgan fingerprint density at radius 1 is 1.07 bits per heavy atom. The van der Waals surface area contributed by atoms with Gasteiger partial charge in [0.25, 0.3) is 0 Å². The van der Waals surface area contributed by atoms with Crippen molar-refractivity contribution in [2.45, 2.75) is 13.0 Å².